The first-order valence-electron chi connectivity index (χ1n) is 6.05. The number of nitrogens with zero attached hydrogens (tertiary/aromatic N) is 2. The number of carbonyl (C=O) groups is 1. The third kappa shape index (κ3) is 4.30. The predicted molar refractivity (Wildman–Crippen MR) is 66.9 cm³/mol. The normalized spacial score (nSPS) is 11.8. The summed E-state index contributed by atoms with van der Waals surface area (Å²) in [5, 5.41) is 0. The molecule has 0 aromatic carbocycles. The molecule has 1 rings (SSSR count). The van der Waals surface area contributed by atoms with E-state index in [1.165, 1.54) is 0 Å². The van der Waals surface area contributed by atoms with Crippen molar-refractivity contribution in [2.24, 2.45) is 0 Å². The molecule has 0 unspecified atom stereocenters. The average Bonchev–Trinajstić information content (AvgIpc) is 2.65. The number of ketones is 1. The molecule has 0 saturated heterocycles. The Hall–Kier alpha value is -1.16. The minimum Gasteiger partial charge on any atom is -0.378 e. The quantitative estimate of drug-likeness (QED) is 0.731. The Kier molecular flexibility index (Phi) is 4.87. The number of hydrogen-bond acceptors (Lipinski definition) is 3. The molecule has 0 N–H and O–H groups in total. The maximum atomic E-state index is 11.9. The summed E-state index contributed by atoms with van der Waals surface area (Å²) in [4.78, 5) is 16.1. The molecule has 96 valence electrons. The molecule has 4 nitrogen and oxygen atoms in total. The number of imidazole rings is 1. The number of carbonyl (C=O) groups excluding carboxylic acids is 1. The molecule has 4 heteroatoms. The van der Waals surface area contributed by atoms with E-state index in [1.807, 2.05) is 24.6 Å². The van der Waals surface area contributed by atoms with Crippen LogP contribution in [0.2, 0.25) is 0 Å². The second-order valence-electron chi connectivity index (χ2n) is 4.89. The monoisotopic (exact) mass is 238 g/mol. The van der Waals surface area contributed by atoms with Gasteiger partial charge in [-0.1, -0.05) is 6.92 Å². The van der Waals surface area contributed by atoms with Crippen molar-refractivity contribution in [3.8, 4) is 0 Å². The SMILES string of the molecule is CCCn1ccnc1CC(=O)CC(C)(C)OC. The second-order valence-corrected chi connectivity index (χ2v) is 4.89. The van der Waals surface area contributed by atoms with E-state index < -0.39 is 0 Å². The lowest BCUT2D eigenvalue weighted by molar-refractivity contribution is -0.123. The molecular weight excluding hydrogens is 216 g/mol. The van der Waals surface area contributed by atoms with Crippen LogP contribution in [0.1, 0.15) is 39.4 Å². The third-order valence-corrected chi connectivity index (χ3v) is 2.80. The molecule has 1 heterocycles. The Morgan fingerprint density at radius 2 is 2.24 bits per heavy atom. The summed E-state index contributed by atoms with van der Waals surface area (Å²) in [5.74, 6) is 1.02. The fourth-order valence-electron chi connectivity index (χ4n) is 1.74. The van der Waals surface area contributed by atoms with Crippen molar-refractivity contribution in [3.63, 3.8) is 0 Å². The zero-order valence-electron chi connectivity index (χ0n) is 11.2. The third-order valence-electron chi connectivity index (χ3n) is 2.80. The molecule has 1 aromatic rings. The summed E-state index contributed by atoms with van der Waals surface area (Å²) in [6.45, 7) is 6.86. The van der Waals surface area contributed by atoms with Crippen LogP contribution in [0.15, 0.2) is 12.4 Å². The number of methoxy groups -OCH3 is 1. The molecule has 0 aliphatic heterocycles. The highest BCUT2D eigenvalue weighted by Gasteiger charge is 2.21. The van der Waals surface area contributed by atoms with Crippen LogP contribution >= 0.6 is 0 Å². The van der Waals surface area contributed by atoms with Crippen molar-refractivity contribution in [3.05, 3.63) is 18.2 Å². The minimum atomic E-state index is -0.390. The largest absolute Gasteiger partial charge is 0.378 e. The van der Waals surface area contributed by atoms with Gasteiger partial charge in [-0.3, -0.25) is 4.79 Å². The van der Waals surface area contributed by atoms with Crippen LogP contribution in [-0.2, 0) is 22.5 Å². The molecule has 0 aliphatic rings. The molecule has 0 atom stereocenters. The van der Waals surface area contributed by atoms with Crippen molar-refractivity contribution < 1.29 is 9.53 Å². The lowest BCUT2D eigenvalue weighted by Gasteiger charge is -2.21. The predicted octanol–water partition coefficient (Wildman–Crippen LogP) is 2.22. The molecule has 17 heavy (non-hydrogen) atoms. The van der Waals surface area contributed by atoms with E-state index in [9.17, 15) is 4.79 Å². The maximum Gasteiger partial charge on any atom is 0.143 e. The Morgan fingerprint density at radius 1 is 1.53 bits per heavy atom. The van der Waals surface area contributed by atoms with E-state index >= 15 is 0 Å². The van der Waals surface area contributed by atoms with E-state index in [2.05, 4.69) is 11.9 Å². The summed E-state index contributed by atoms with van der Waals surface area (Å²) >= 11 is 0. The van der Waals surface area contributed by atoms with Gasteiger partial charge in [0.2, 0.25) is 0 Å². The van der Waals surface area contributed by atoms with Crippen molar-refractivity contribution in [1.29, 1.82) is 0 Å². The highest BCUT2D eigenvalue weighted by molar-refractivity contribution is 5.81. The van der Waals surface area contributed by atoms with Crippen LogP contribution in [0.3, 0.4) is 0 Å². The first-order valence-corrected chi connectivity index (χ1v) is 6.05. The van der Waals surface area contributed by atoms with Crippen LogP contribution in [0.4, 0.5) is 0 Å². The van der Waals surface area contributed by atoms with Crippen molar-refractivity contribution >= 4 is 5.78 Å². The van der Waals surface area contributed by atoms with Gasteiger partial charge in [-0.2, -0.15) is 0 Å². The van der Waals surface area contributed by atoms with E-state index in [0.29, 0.717) is 12.8 Å². The molecule has 0 saturated carbocycles. The molecule has 0 aliphatic carbocycles. The number of aromatic nitrogens is 2. The molecule has 0 spiro atoms. The zero-order valence-corrected chi connectivity index (χ0v) is 11.2. The fourth-order valence-corrected chi connectivity index (χ4v) is 1.74. The highest BCUT2D eigenvalue weighted by atomic mass is 16.5. The fraction of sp³-hybridized carbons (Fsp3) is 0.692. The number of Topliss-reactive ketones (excluding diaryl/α,β-unsaturated/α-hetero) is 1. The van der Waals surface area contributed by atoms with Crippen molar-refractivity contribution in [2.75, 3.05) is 7.11 Å². The van der Waals surface area contributed by atoms with Gasteiger partial charge in [0.25, 0.3) is 0 Å². The van der Waals surface area contributed by atoms with Crippen molar-refractivity contribution in [1.82, 2.24) is 9.55 Å². The number of aryl methyl sites for hydroxylation is 1. The van der Waals surface area contributed by atoms with Crippen molar-refractivity contribution in [2.45, 2.75) is 52.2 Å². The lowest BCUT2D eigenvalue weighted by atomic mass is 10.00. The first kappa shape index (κ1) is 13.9. The van der Waals surface area contributed by atoms with Gasteiger partial charge < -0.3 is 9.30 Å². The van der Waals surface area contributed by atoms with Gasteiger partial charge in [-0.05, 0) is 20.3 Å². The molecule has 0 fully saturated rings. The topological polar surface area (TPSA) is 44.1 Å². The van der Waals surface area contributed by atoms with Crippen LogP contribution in [0.5, 0.6) is 0 Å². The first-order chi connectivity index (χ1) is 7.98. The van der Waals surface area contributed by atoms with Gasteiger partial charge in [-0.25, -0.2) is 4.98 Å². The van der Waals surface area contributed by atoms with Crippen LogP contribution in [-0.4, -0.2) is 28.0 Å². The van der Waals surface area contributed by atoms with Gasteiger partial charge in [0, 0.05) is 32.5 Å². The van der Waals surface area contributed by atoms with Crippen LogP contribution in [0, 0.1) is 0 Å². The Bertz CT molecular complexity index is 369. The standard InChI is InChI=1S/C13H22N2O2/c1-5-7-15-8-6-14-12(15)9-11(16)10-13(2,3)17-4/h6,8H,5,7,9-10H2,1-4H3. The smallest absolute Gasteiger partial charge is 0.143 e. The molecule has 1 aromatic heterocycles. The van der Waals surface area contributed by atoms with Gasteiger partial charge in [0.15, 0.2) is 0 Å². The van der Waals surface area contributed by atoms with Gasteiger partial charge in [0.05, 0.1) is 12.0 Å². The molecule has 0 radical (unpaired) electrons. The molecule has 0 bridgehead atoms. The summed E-state index contributed by atoms with van der Waals surface area (Å²) in [7, 11) is 1.63. The molecular formula is C13H22N2O2. The second kappa shape index (κ2) is 5.96. The molecule has 0 amide bonds. The highest BCUT2D eigenvalue weighted by Crippen LogP contribution is 2.15. The van der Waals surface area contributed by atoms with E-state index in [1.54, 1.807) is 13.3 Å². The van der Waals surface area contributed by atoms with E-state index in [4.69, 9.17) is 4.74 Å². The Morgan fingerprint density at radius 3 is 2.82 bits per heavy atom. The van der Waals surface area contributed by atoms with Gasteiger partial charge in [0.1, 0.15) is 11.6 Å². The lowest BCUT2D eigenvalue weighted by Crippen LogP contribution is -2.27. The summed E-state index contributed by atoms with van der Waals surface area (Å²) in [6.07, 6.45) is 5.52. The minimum absolute atomic E-state index is 0.167. The van der Waals surface area contributed by atoms with Gasteiger partial charge >= 0.3 is 0 Å². The van der Waals surface area contributed by atoms with Gasteiger partial charge in [-0.15, -0.1) is 0 Å². The summed E-state index contributed by atoms with van der Waals surface area (Å²) in [5.41, 5.74) is -0.390. The number of ether oxygens (including phenoxy) is 1. The summed E-state index contributed by atoms with van der Waals surface area (Å²) in [6, 6.07) is 0. The summed E-state index contributed by atoms with van der Waals surface area (Å²) < 4.78 is 7.30. The van der Waals surface area contributed by atoms with E-state index in [0.717, 1.165) is 18.8 Å². The average molecular weight is 238 g/mol. The number of hydrogen-bond donors (Lipinski definition) is 0. The zero-order chi connectivity index (χ0) is 12.9. The maximum absolute atomic E-state index is 11.9. The van der Waals surface area contributed by atoms with E-state index in [-0.39, 0.29) is 11.4 Å². The van der Waals surface area contributed by atoms with Crippen LogP contribution < -0.4 is 0 Å². The Labute approximate surface area is 103 Å². The number of rotatable bonds is 7. The van der Waals surface area contributed by atoms with Crippen LogP contribution in [0.25, 0.3) is 0 Å². The Balaban J connectivity index is 2.59.